The second-order valence-corrected chi connectivity index (χ2v) is 5.89. The molecule has 4 heteroatoms. The van der Waals surface area contributed by atoms with Crippen molar-refractivity contribution < 1.29 is 0 Å². The van der Waals surface area contributed by atoms with Crippen LogP contribution >= 0.6 is 15.9 Å². The maximum atomic E-state index is 4.81. The molecule has 0 fully saturated rings. The Hall–Kier alpha value is -1.42. The SMILES string of the molecule is CCNc1nc(-c2ccccc2Br)nc2c1CCCC2. The van der Waals surface area contributed by atoms with Gasteiger partial charge in [-0.15, -0.1) is 0 Å². The first kappa shape index (κ1) is 13.6. The Bertz CT molecular complexity index is 625. The number of aromatic nitrogens is 2. The first-order valence-electron chi connectivity index (χ1n) is 7.18. The fourth-order valence-electron chi connectivity index (χ4n) is 2.67. The highest BCUT2D eigenvalue weighted by molar-refractivity contribution is 9.10. The molecule has 104 valence electrons. The van der Waals surface area contributed by atoms with Crippen LogP contribution < -0.4 is 5.32 Å². The van der Waals surface area contributed by atoms with Crippen molar-refractivity contribution in [3.05, 3.63) is 40.0 Å². The fourth-order valence-corrected chi connectivity index (χ4v) is 3.13. The molecule has 1 aromatic carbocycles. The first-order chi connectivity index (χ1) is 9.79. The molecule has 2 aromatic rings. The molecule has 3 rings (SSSR count). The molecule has 3 nitrogen and oxygen atoms in total. The van der Waals surface area contributed by atoms with Crippen LogP contribution in [0.4, 0.5) is 5.82 Å². The third-order valence-electron chi connectivity index (χ3n) is 3.64. The fraction of sp³-hybridized carbons (Fsp3) is 0.375. The molecule has 1 aromatic heterocycles. The Kier molecular flexibility index (Phi) is 4.01. The van der Waals surface area contributed by atoms with Crippen LogP contribution in [-0.2, 0) is 12.8 Å². The van der Waals surface area contributed by atoms with Gasteiger partial charge in [-0.05, 0) is 38.7 Å². The summed E-state index contributed by atoms with van der Waals surface area (Å²) in [6, 6.07) is 8.13. The van der Waals surface area contributed by atoms with E-state index in [1.165, 1.54) is 24.1 Å². The van der Waals surface area contributed by atoms with Gasteiger partial charge in [-0.25, -0.2) is 9.97 Å². The second-order valence-electron chi connectivity index (χ2n) is 5.04. The molecule has 0 aliphatic heterocycles. The van der Waals surface area contributed by atoms with Crippen molar-refractivity contribution in [3.63, 3.8) is 0 Å². The lowest BCUT2D eigenvalue weighted by Gasteiger charge is -2.19. The van der Waals surface area contributed by atoms with E-state index in [0.717, 1.165) is 41.1 Å². The molecule has 0 radical (unpaired) electrons. The number of anilines is 1. The van der Waals surface area contributed by atoms with E-state index < -0.39 is 0 Å². The van der Waals surface area contributed by atoms with Crippen LogP contribution in [0.3, 0.4) is 0 Å². The van der Waals surface area contributed by atoms with E-state index in [1.807, 2.05) is 18.2 Å². The van der Waals surface area contributed by atoms with E-state index in [1.54, 1.807) is 0 Å². The van der Waals surface area contributed by atoms with E-state index in [-0.39, 0.29) is 0 Å². The summed E-state index contributed by atoms with van der Waals surface area (Å²) in [4.78, 5) is 9.56. The minimum Gasteiger partial charge on any atom is -0.370 e. The summed E-state index contributed by atoms with van der Waals surface area (Å²) >= 11 is 3.59. The Morgan fingerprint density at radius 3 is 2.75 bits per heavy atom. The predicted molar refractivity (Wildman–Crippen MR) is 86.0 cm³/mol. The zero-order valence-corrected chi connectivity index (χ0v) is 13.2. The number of rotatable bonds is 3. The summed E-state index contributed by atoms with van der Waals surface area (Å²) in [5.41, 5.74) is 3.59. The molecule has 0 saturated carbocycles. The lowest BCUT2D eigenvalue weighted by atomic mass is 9.96. The molecule has 0 saturated heterocycles. The van der Waals surface area contributed by atoms with Crippen molar-refractivity contribution in [2.24, 2.45) is 0 Å². The first-order valence-corrected chi connectivity index (χ1v) is 7.97. The van der Waals surface area contributed by atoms with Gasteiger partial charge in [0.15, 0.2) is 5.82 Å². The van der Waals surface area contributed by atoms with Gasteiger partial charge in [0.05, 0.1) is 0 Å². The van der Waals surface area contributed by atoms with Crippen molar-refractivity contribution in [1.82, 2.24) is 9.97 Å². The van der Waals surface area contributed by atoms with Crippen molar-refractivity contribution in [2.75, 3.05) is 11.9 Å². The lowest BCUT2D eigenvalue weighted by Crippen LogP contribution is -2.13. The zero-order valence-electron chi connectivity index (χ0n) is 11.6. The molecule has 1 aliphatic rings. The van der Waals surface area contributed by atoms with E-state index in [4.69, 9.17) is 9.97 Å². The maximum Gasteiger partial charge on any atom is 0.162 e. The third-order valence-corrected chi connectivity index (χ3v) is 4.33. The zero-order chi connectivity index (χ0) is 13.9. The summed E-state index contributed by atoms with van der Waals surface area (Å²) in [5.74, 6) is 1.83. The highest BCUT2D eigenvalue weighted by Crippen LogP contribution is 2.31. The molecule has 20 heavy (non-hydrogen) atoms. The average Bonchev–Trinajstić information content (AvgIpc) is 2.48. The van der Waals surface area contributed by atoms with Gasteiger partial charge in [0.1, 0.15) is 5.82 Å². The molecule has 0 atom stereocenters. The van der Waals surface area contributed by atoms with E-state index in [0.29, 0.717) is 0 Å². The van der Waals surface area contributed by atoms with Gasteiger partial charge in [-0.2, -0.15) is 0 Å². The molecular formula is C16H18BrN3. The monoisotopic (exact) mass is 331 g/mol. The summed E-state index contributed by atoms with van der Waals surface area (Å²) < 4.78 is 1.04. The maximum absolute atomic E-state index is 4.81. The summed E-state index contributed by atoms with van der Waals surface area (Å²) in [5, 5.41) is 3.40. The van der Waals surface area contributed by atoms with Crippen molar-refractivity contribution in [1.29, 1.82) is 0 Å². The molecule has 0 unspecified atom stereocenters. The lowest BCUT2D eigenvalue weighted by molar-refractivity contribution is 0.664. The van der Waals surface area contributed by atoms with Gasteiger partial charge in [-0.1, -0.05) is 34.1 Å². The van der Waals surface area contributed by atoms with Gasteiger partial charge in [0, 0.05) is 27.8 Å². The average molecular weight is 332 g/mol. The quantitative estimate of drug-likeness (QED) is 0.915. The van der Waals surface area contributed by atoms with E-state index in [2.05, 4.69) is 34.2 Å². The normalized spacial score (nSPS) is 13.9. The molecule has 0 amide bonds. The Morgan fingerprint density at radius 1 is 1.15 bits per heavy atom. The molecule has 0 spiro atoms. The smallest absolute Gasteiger partial charge is 0.162 e. The third kappa shape index (κ3) is 2.57. The standard InChI is InChI=1S/C16H18BrN3/c1-2-18-15-12-8-4-6-10-14(12)19-16(20-15)11-7-3-5-9-13(11)17/h3,5,7,9H,2,4,6,8,10H2,1H3,(H,18,19,20). The van der Waals surface area contributed by atoms with Gasteiger partial charge in [0.2, 0.25) is 0 Å². The Morgan fingerprint density at radius 2 is 1.95 bits per heavy atom. The highest BCUT2D eigenvalue weighted by atomic mass is 79.9. The van der Waals surface area contributed by atoms with Crippen LogP contribution in [0.25, 0.3) is 11.4 Å². The molecular weight excluding hydrogens is 314 g/mol. The molecule has 1 aliphatic carbocycles. The summed E-state index contributed by atoms with van der Waals surface area (Å²) in [6.07, 6.45) is 4.62. The Balaban J connectivity index is 2.13. The van der Waals surface area contributed by atoms with Crippen molar-refractivity contribution in [3.8, 4) is 11.4 Å². The predicted octanol–water partition coefficient (Wildman–Crippen LogP) is 4.22. The minimum atomic E-state index is 0.814. The molecule has 0 bridgehead atoms. The highest BCUT2D eigenvalue weighted by Gasteiger charge is 2.18. The van der Waals surface area contributed by atoms with Crippen LogP contribution in [0, 0.1) is 0 Å². The van der Waals surface area contributed by atoms with Crippen LogP contribution in [0.1, 0.15) is 31.0 Å². The van der Waals surface area contributed by atoms with E-state index >= 15 is 0 Å². The number of nitrogens with zero attached hydrogens (tertiary/aromatic N) is 2. The number of aryl methyl sites for hydroxylation is 1. The summed E-state index contributed by atoms with van der Waals surface area (Å²) in [7, 11) is 0. The van der Waals surface area contributed by atoms with Crippen LogP contribution in [-0.4, -0.2) is 16.5 Å². The minimum absolute atomic E-state index is 0.814. The van der Waals surface area contributed by atoms with Gasteiger partial charge < -0.3 is 5.32 Å². The number of fused-ring (bicyclic) bond motifs is 1. The number of hydrogen-bond donors (Lipinski definition) is 1. The number of halogens is 1. The van der Waals surface area contributed by atoms with E-state index in [9.17, 15) is 0 Å². The van der Waals surface area contributed by atoms with Crippen molar-refractivity contribution >= 4 is 21.7 Å². The van der Waals surface area contributed by atoms with Gasteiger partial charge >= 0.3 is 0 Å². The van der Waals surface area contributed by atoms with Crippen LogP contribution in [0.15, 0.2) is 28.7 Å². The topological polar surface area (TPSA) is 37.8 Å². The second kappa shape index (κ2) is 5.92. The van der Waals surface area contributed by atoms with Gasteiger partial charge in [0.25, 0.3) is 0 Å². The number of benzene rings is 1. The van der Waals surface area contributed by atoms with Crippen molar-refractivity contribution in [2.45, 2.75) is 32.6 Å². The van der Waals surface area contributed by atoms with Crippen LogP contribution in [0.5, 0.6) is 0 Å². The number of hydrogen-bond acceptors (Lipinski definition) is 3. The van der Waals surface area contributed by atoms with Gasteiger partial charge in [-0.3, -0.25) is 0 Å². The van der Waals surface area contributed by atoms with Crippen LogP contribution in [0.2, 0.25) is 0 Å². The Labute approximate surface area is 128 Å². The largest absolute Gasteiger partial charge is 0.370 e. The number of nitrogens with one attached hydrogen (secondary N) is 1. The molecule has 1 heterocycles. The molecule has 1 N–H and O–H groups in total. The summed E-state index contributed by atoms with van der Waals surface area (Å²) in [6.45, 7) is 2.99.